The van der Waals surface area contributed by atoms with Gasteiger partial charge in [0.2, 0.25) is 0 Å². The van der Waals surface area contributed by atoms with Crippen LogP contribution < -0.4 is 5.32 Å². The third kappa shape index (κ3) is 4.48. The summed E-state index contributed by atoms with van der Waals surface area (Å²) < 4.78 is 7.70. The van der Waals surface area contributed by atoms with E-state index in [-0.39, 0.29) is 11.9 Å². The molecule has 2 aromatic carbocycles. The van der Waals surface area contributed by atoms with Crippen LogP contribution >= 0.6 is 11.3 Å². The van der Waals surface area contributed by atoms with E-state index in [4.69, 9.17) is 4.74 Å². The summed E-state index contributed by atoms with van der Waals surface area (Å²) in [6, 6.07) is 22.9. The van der Waals surface area contributed by atoms with Crippen LogP contribution in [0.5, 0.6) is 0 Å². The minimum atomic E-state index is -0.0252. The molecule has 32 heavy (non-hydrogen) atoms. The fourth-order valence-corrected chi connectivity index (χ4v) is 5.26. The SMILES string of the molecule is O=C(NC[C@@H](c1cccs1)N1CCOCC1)c1cn(Cc2ccccc2)c2ccccc12. The maximum Gasteiger partial charge on any atom is 0.253 e. The largest absolute Gasteiger partial charge is 0.379 e. The molecule has 1 N–H and O–H groups in total. The molecule has 1 atom stereocenters. The van der Waals surface area contributed by atoms with Crippen molar-refractivity contribution < 1.29 is 9.53 Å². The third-order valence-corrected chi connectivity index (χ3v) is 7.02. The Morgan fingerprint density at radius 3 is 2.56 bits per heavy atom. The summed E-state index contributed by atoms with van der Waals surface area (Å²) in [7, 11) is 0. The molecule has 1 amide bonds. The lowest BCUT2D eigenvalue weighted by molar-refractivity contribution is 0.0169. The number of nitrogens with zero attached hydrogens (tertiary/aromatic N) is 2. The second-order valence-electron chi connectivity index (χ2n) is 8.06. The molecule has 1 aliphatic rings. The number of morpholine rings is 1. The van der Waals surface area contributed by atoms with Crippen molar-refractivity contribution in [2.45, 2.75) is 12.6 Å². The Bertz CT molecular complexity index is 1160. The first-order chi connectivity index (χ1) is 15.8. The van der Waals surface area contributed by atoms with Crippen LogP contribution in [0.2, 0.25) is 0 Å². The van der Waals surface area contributed by atoms with Crippen LogP contribution in [-0.2, 0) is 11.3 Å². The van der Waals surface area contributed by atoms with Crippen LogP contribution in [-0.4, -0.2) is 48.2 Å². The van der Waals surface area contributed by atoms with Crippen LogP contribution in [0.15, 0.2) is 78.3 Å². The standard InChI is InChI=1S/C26H27N3O2S/c30-26(27-17-24(25-11-6-16-32-25)28-12-14-31-15-13-28)22-19-29(18-20-7-2-1-3-8-20)23-10-5-4-9-21(22)23/h1-11,16,19,24H,12-15,17-18H2,(H,27,30)/t24-/m0/s1. The number of thiophene rings is 1. The first kappa shape index (κ1) is 20.9. The van der Waals surface area contributed by atoms with E-state index in [1.807, 2.05) is 42.6 Å². The van der Waals surface area contributed by atoms with E-state index < -0.39 is 0 Å². The third-order valence-electron chi connectivity index (χ3n) is 6.04. The Hall–Kier alpha value is -2.93. The summed E-state index contributed by atoms with van der Waals surface area (Å²) in [6.07, 6.45) is 1.99. The van der Waals surface area contributed by atoms with Gasteiger partial charge in [-0.1, -0.05) is 54.6 Å². The average molecular weight is 446 g/mol. The molecule has 0 spiro atoms. The van der Waals surface area contributed by atoms with E-state index in [1.54, 1.807) is 11.3 Å². The molecule has 0 unspecified atom stereocenters. The van der Waals surface area contributed by atoms with Gasteiger partial charge in [0.15, 0.2) is 0 Å². The lowest BCUT2D eigenvalue weighted by Crippen LogP contribution is -2.43. The highest BCUT2D eigenvalue weighted by atomic mass is 32.1. The van der Waals surface area contributed by atoms with Gasteiger partial charge >= 0.3 is 0 Å². The van der Waals surface area contributed by atoms with Crippen molar-refractivity contribution >= 4 is 28.1 Å². The number of hydrogen-bond donors (Lipinski definition) is 1. The minimum absolute atomic E-state index is 0.0252. The summed E-state index contributed by atoms with van der Waals surface area (Å²) in [5.41, 5.74) is 3.01. The highest BCUT2D eigenvalue weighted by molar-refractivity contribution is 7.10. The van der Waals surface area contributed by atoms with Crippen molar-refractivity contribution in [1.82, 2.24) is 14.8 Å². The number of amides is 1. The molecule has 1 aliphatic heterocycles. The van der Waals surface area contributed by atoms with Crippen molar-refractivity contribution in [3.63, 3.8) is 0 Å². The molecule has 1 fully saturated rings. The number of ether oxygens (including phenoxy) is 1. The number of hydrogen-bond acceptors (Lipinski definition) is 4. The van der Waals surface area contributed by atoms with E-state index in [2.05, 4.69) is 50.5 Å². The van der Waals surface area contributed by atoms with Crippen molar-refractivity contribution in [2.24, 2.45) is 0 Å². The smallest absolute Gasteiger partial charge is 0.253 e. The van der Waals surface area contributed by atoms with E-state index in [9.17, 15) is 4.79 Å². The van der Waals surface area contributed by atoms with E-state index >= 15 is 0 Å². The number of nitrogens with one attached hydrogen (secondary N) is 1. The van der Waals surface area contributed by atoms with E-state index in [0.29, 0.717) is 6.54 Å². The zero-order valence-electron chi connectivity index (χ0n) is 17.9. The van der Waals surface area contributed by atoms with Gasteiger partial charge in [-0.25, -0.2) is 0 Å². The van der Waals surface area contributed by atoms with Crippen LogP contribution in [0.25, 0.3) is 10.9 Å². The molecular formula is C26H27N3O2S. The van der Waals surface area contributed by atoms with Crippen LogP contribution in [0, 0.1) is 0 Å². The zero-order chi connectivity index (χ0) is 21.8. The maximum atomic E-state index is 13.3. The Labute approximate surface area is 192 Å². The van der Waals surface area contributed by atoms with Crippen molar-refractivity contribution in [1.29, 1.82) is 0 Å². The van der Waals surface area contributed by atoms with Crippen molar-refractivity contribution in [2.75, 3.05) is 32.8 Å². The van der Waals surface area contributed by atoms with Gasteiger partial charge in [-0.15, -0.1) is 11.3 Å². The van der Waals surface area contributed by atoms with Gasteiger partial charge in [-0.2, -0.15) is 0 Å². The van der Waals surface area contributed by atoms with Gasteiger partial charge in [-0.3, -0.25) is 9.69 Å². The van der Waals surface area contributed by atoms with Gasteiger partial charge in [0.05, 0.1) is 24.8 Å². The first-order valence-electron chi connectivity index (χ1n) is 11.0. The topological polar surface area (TPSA) is 46.5 Å². The Morgan fingerprint density at radius 2 is 1.78 bits per heavy atom. The predicted octanol–water partition coefficient (Wildman–Crippen LogP) is 4.55. The predicted molar refractivity (Wildman–Crippen MR) is 129 cm³/mol. The van der Waals surface area contributed by atoms with Crippen LogP contribution in [0.1, 0.15) is 26.8 Å². The van der Waals surface area contributed by atoms with E-state index in [1.165, 1.54) is 10.4 Å². The second kappa shape index (κ2) is 9.69. The number of rotatable bonds is 7. The lowest BCUT2D eigenvalue weighted by atomic mass is 10.1. The molecule has 0 bridgehead atoms. The molecule has 3 heterocycles. The summed E-state index contributed by atoms with van der Waals surface area (Å²) >= 11 is 1.74. The Morgan fingerprint density at radius 1 is 1.00 bits per heavy atom. The molecule has 1 saturated heterocycles. The summed E-state index contributed by atoms with van der Waals surface area (Å²) in [5.74, 6) is -0.0252. The van der Waals surface area contributed by atoms with Gasteiger partial charge in [0.25, 0.3) is 5.91 Å². The monoisotopic (exact) mass is 445 g/mol. The molecule has 0 aliphatic carbocycles. The second-order valence-corrected chi connectivity index (χ2v) is 9.04. The molecular weight excluding hydrogens is 418 g/mol. The van der Waals surface area contributed by atoms with Crippen molar-refractivity contribution in [3.05, 3.63) is 94.3 Å². The molecule has 164 valence electrons. The normalized spacial score (nSPS) is 15.6. The molecule has 0 saturated carbocycles. The fourth-order valence-electron chi connectivity index (χ4n) is 4.40. The Kier molecular flexibility index (Phi) is 6.34. The van der Waals surface area contributed by atoms with E-state index in [0.717, 1.165) is 49.3 Å². The number of carbonyl (C=O) groups excluding carboxylic acids is 1. The van der Waals surface area contributed by atoms with Gasteiger partial charge in [0, 0.05) is 48.2 Å². The molecule has 0 radical (unpaired) electrons. The number of aromatic nitrogens is 1. The molecule has 5 rings (SSSR count). The fraction of sp³-hybridized carbons (Fsp3) is 0.269. The molecule has 5 nitrogen and oxygen atoms in total. The summed E-state index contributed by atoms with van der Waals surface area (Å²) in [6.45, 7) is 4.56. The average Bonchev–Trinajstić information content (AvgIpc) is 3.50. The highest BCUT2D eigenvalue weighted by Crippen LogP contribution is 2.26. The Balaban J connectivity index is 1.37. The van der Waals surface area contributed by atoms with Gasteiger partial charge < -0.3 is 14.6 Å². The lowest BCUT2D eigenvalue weighted by Gasteiger charge is -2.34. The quantitative estimate of drug-likeness (QED) is 0.454. The number of para-hydroxylation sites is 1. The number of carbonyl (C=O) groups is 1. The summed E-state index contributed by atoms with van der Waals surface area (Å²) in [4.78, 5) is 17.0. The summed E-state index contributed by atoms with van der Waals surface area (Å²) in [5, 5.41) is 6.31. The van der Waals surface area contributed by atoms with Crippen LogP contribution in [0.3, 0.4) is 0 Å². The molecule has 2 aromatic heterocycles. The van der Waals surface area contributed by atoms with Gasteiger partial charge in [0.1, 0.15) is 0 Å². The molecule has 4 aromatic rings. The van der Waals surface area contributed by atoms with Crippen molar-refractivity contribution in [3.8, 4) is 0 Å². The first-order valence-corrected chi connectivity index (χ1v) is 11.9. The maximum absolute atomic E-state index is 13.3. The molecule has 6 heteroatoms. The number of fused-ring (bicyclic) bond motifs is 1. The highest BCUT2D eigenvalue weighted by Gasteiger charge is 2.25. The van der Waals surface area contributed by atoms with Gasteiger partial charge in [-0.05, 0) is 23.1 Å². The minimum Gasteiger partial charge on any atom is -0.379 e. The number of benzene rings is 2. The zero-order valence-corrected chi connectivity index (χ0v) is 18.8. The van der Waals surface area contributed by atoms with Crippen LogP contribution in [0.4, 0.5) is 0 Å².